The first kappa shape index (κ1) is 17.7. The zero-order valence-electron chi connectivity index (χ0n) is 13.7. The van der Waals surface area contributed by atoms with E-state index in [9.17, 15) is 9.59 Å². The minimum absolute atomic E-state index is 0.0127. The normalized spacial score (nSPS) is 10.5. The van der Waals surface area contributed by atoms with Crippen LogP contribution < -0.4 is 9.47 Å². The lowest BCUT2D eigenvalue weighted by molar-refractivity contribution is -0.124. The van der Waals surface area contributed by atoms with Crippen LogP contribution in [0.15, 0.2) is 54.6 Å². The van der Waals surface area contributed by atoms with Gasteiger partial charge in [0, 0.05) is 12.0 Å². The molecule has 5 heteroatoms. The van der Waals surface area contributed by atoms with Crippen molar-refractivity contribution in [1.29, 1.82) is 0 Å². The van der Waals surface area contributed by atoms with Gasteiger partial charge in [-0.3, -0.25) is 4.79 Å². The Morgan fingerprint density at radius 1 is 0.917 bits per heavy atom. The van der Waals surface area contributed by atoms with Gasteiger partial charge in [0.25, 0.3) is 0 Å². The van der Waals surface area contributed by atoms with Gasteiger partial charge in [0.2, 0.25) is 0 Å². The fraction of sp³-hybridized carbons (Fsp3) is 0.263. The van der Waals surface area contributed by atoms with E-state index in [4.69, 9.17) is 14.2 Å². The van der Waals surface area contributed by atoms with Gasteiger partial charge < -0.3 is 14.2 Å². The zero-order chi connectivity index (χ0) is 17.4. The molecule has 0 aliphatic heterocycles. The van der Waals surface area contributed by atoms with Crippen LogP contribution in [0, 0.1) is 0 Å². The van der Waals surface area contributed by atoms with Gasteiger partial charge in [-0.05, 0) is 32.0 Å². The molecular weight excluding hydrogens is 308 g/mol. The van der Waals surface area contributed by atoms with Crippen molar-refractivity contribution in [2.24, 2.45) is 0 Å². The summed E-state index contributed by atoms with van der Waals surface area (Å²) in [6.07, 6.45) is -0.734. The summed E-state index contributed by atoms with van der Waals surface area (Å²) in [5.41, 5.74) is 0.611. The standard InChI is InChI=1S/C19H20O5/c1-14(2)22-13-16(20)12-15-8-6-7-11-18(15)24-19(21)23-17-9-4-3-5-10-17/h3-11,14H,12-13H2,1-2H3. The molecule has 2 aromatic carbocycles. The second-order valence-electron chi connectivity index (χ2n) is 5.45. The summed E-state index contributed by atoms with van der Waals surface area (Å²) in [6.45, 7) is 3.76. The maximum Gasteiger partial charge on any atom is 0.519 e. The molecule has 0 N–H and O–H groups in total. The van der Waals surface area contributed by atoms with E-state index in [1.54, 1.807) is 48.5 Å². The minimum atomic E-state index is -0.848. The molecule has 2 aromatic rings. The maximum absolute atomic E-state index is 11.9. The zero-order valence-corrected chi connectivity index (χ0v) is 13.7. The Balaban J connectivity index is 1.98. The van der Waals surface area contributed by atoms with Gasteiger partial charge in [0.05, 0.1) is 6.10 Å². The van der Waals surface area contributed by atoms with Crippen molar-refractivity contribution in [1.82, 2.24) is 0 Å². The third-order valence-electron chi connectivity index (χ3n) is 3.08. The third kappa shape index (κ3) is 5.85. The first-order valence-corrected chi connectivity index (χ1v) is 7.70. The maximum atomic E-state index is 11.9. The number of ether oxygens (including phenoxy) is 3. The van der Waals surface area contributed by atoms with E-state index in [1.807, 2.05) is 19.9 Å². The van der Waals surface area contributed by atoms with Gasteiger partial charge in [-0.15, -0.1) is 0 Å². The number of Topliss-reactive ketones (excluding diaryl/α,β-unsaturated/α-hetero) is 1. The molecule has 0 unspecified atom stereocenters. The number of benzene rings is 2. The second-order valence-corrected chi connectivity index (χ2v) is 5.45. The quantitative estimate of drug-likeness (QED) is 0.571. The fourth-order valence-corrected chi connectivity index (χ4v) is 1.97. The van der Waals surface area contributed by atoms with E-state index in [2.05, 4.69) is 0 Å². The largest absolute Gasteiger partial charge is 0.519 e. The van der Waals surface area contributed by atoms with Crippen molar-refractivity contribution in [3.63, 3.8) is 0 Å². The molecule has 0 amide bonds. The van der Waals surface area contributed by atoms with Gasteiger partial charge in [-0.1, -0.05) is 36.4 Å². The number of carbonyl (C=O) groups excluding carboxylic acids is 2. The summed E-state index contributed by atoms with van der Waals surface area (Å²) in [5, 5.41) is 0. The van der Waals surface area contributed by atoms with E-state index in [0.29, 0.717) is 17.1 Å². The number of hydrogen-bond donors (Lipinski definition) is 0. The minimum Gasteiger partial charge on any atom is -0.395 e. The molecule has 0 atom stereocenters. The van der Waals surface area contributed by atoms with Gasteiger partial charge in [-0.25, -0.2) is 4.79 Å². The Morgan fingerprint density at radius 2 is 1.58 bits per heavy atom. The molecule has 24 heavy (non-hydrogen) atoms. The number of rotatable bonds is 7. The molecule has 2 rings (SSSR count). The number of para-hydroxylation sites is 2. The topological polar surface area (TPSA) is 61.8 Å². The molecule has 0 aliphatic rings. The Hall–Kier alpha value is -2.66. The van der Waals surface area contributed by atoms with Gasteiger partial charge >= 0.3 is 6.16 Å². The summed E-state index contributed by atoms with van der Waals surface area (Å²) >= 11 is 0. The number of ketones is 1. The molecule has 0 spiro atoms. The predicted molar refractivity (Wildman–Crippen MR) is 89.3 cm³/mol. The van der Waals surface area contributed by atoms with Crippen LogP contribution in [0.1, 0.15) is 19.4 Å². The van der Waals surface area contributed by atoms with Crippen molar-refractivity contribution in [2.75, 3.05) is 6.61 Å². The molecule has 0 heterocycles. The average molecular weight is 328 g/mol. The Bertz CT molecular complexity index is 679. The highest BCUT2D eigenvalue weighted by molar-refractivity contribution is 5.83. The lowest BCUT2D eigenvalue weighted by Gasteiger charge is -2.10. The Kier molecular flexibility index (Phi) is 6.51. The molecule has 0 aliphatic carbocycles. The lowest BCUT2D eigenvalue weighted by atomic mass is 10.1. The molecule has 5 nitrogen and oxygen atoms in total. The van der Waals surface area contributed by atoms with Crippen LogP contribution in [-0.4, -0.2) is 24.6 Å². The molecule has 0 fully saturated rings. The van der Waals surface area contributed by atoms with Crippen LogP contribution >= 0.6 is 0 Å². The number of hydrogen-bond acceptors (Lipinski definition) is 5. The van der Waals surface area contributed by atoms with E-state index in [0.717, 1.165) is 0 Å². The highest BCUT2D eigenvalue weighted by Gasteiger charge is 2.14. The highest BCUT2D eigenvalue weighted by atomic mass is 16.7. The molecule has 126 valence electrons. The average Bonchev–Trinajstić information content (AvgIpc) is 2.55. The summed E-state index contributed by atoms with van der Waals surface area (Å²) in [4.78, 5) is 23.8. The van der Waals surface area contributed by atoms with E-state index in [-0.39, 0.29) is 24.9 Å². The van der Waals surface area contributed by atoms with Gasteiger partial charge in [-0.2, -0.15) is 0 Å². The van der Waals surface area contributed by atoms with Crippen LogP contribution in [-0.2, 0) is 16.0 Å². The van der Waals surface area contributed by atoms with E-state index in [1.165, 1.54) is 0 Å². The first-order chi connectivity index (χ1) is 11.5. The molecule has 0 saturated carbocycles. The van der Waals surface area contributed by atoms with Crippen LogP contribution in [0.25, 0.3) is 0 Å². The molecule has 0 saturated heterocycles. The smallest absolute Gasteiger partial charge is 0.395 e. The first-order valence-electron chi connectivity index (χ1n) is 7.70. The Labute approximate surface area is 141 Å². The van der Waals surface area contributed by atoms with Crippen LogP contribution in [0.2, 0.25) is 0 Å². The lowest BCUT2D eigenvalue weighted by Crippen LogP contribution is -2.17. The summed E-state index contributed by atoms with van der Waals surface area (Å²) in [6, 6.07) is 15.5. The van der Waals surface area contributed by atoms with Crippen molar-refractivity contribution >= 4 is 11.9 Å². The molecule has 0 aromatic heterocycles. The van der Waals surface area contributed by atoms with Crippen molar-refractivity contribution in [2.45, 2.75) is 26.4 Å². The monoisotopic (exact) mass is 328 g/mol. The van der Waals surface area contributed by atoms with Gasteiger partial charge in [0.15, 0.2) is 5.78 Å². The summed E-state index contributed by atoms with van der Waals surface area (Å²) < 4.78 is 15.6. The molecular formula is C19H20O5. The van der Waals surface area contributed by atoms with Crippen molar-refractivity contribution < 1.29 is 23.8 Å². The highest BCUT2D eigenvalue weighted by Crippen LogP contribution is 2.20. The summed E-state index contributed by atoms with van der Waals surface area (Å²) in [7, 11) is 0. The SMILES string of the molecule is CC(C)OCC(=O)Cc1ccccc1OC(=O)Oc1ccccc1. The fourth-order valence-electron chi connectivity index (χ4n) is 1.97. The van der Waals surface area contributed by atoms with Crippen molar-refractivity contribution in [3.05, 3.63) is 60.2 Å². The number of carbonyl (C=O) groups is 2. The third-order valence-corrected chi connectivity index (χ3v) is 3.08. The predicted octanol–water partition coefficient (Wildman–Crippen LogP) is 3.80. The summed E-state index contributed by atoms with van der Waals surface area (Å²) in [5.74, 6) is 0.605. The Morgan fingerprint density at radius 3 is 2.29 bits per heavy atom. The second kappa shape index (κ2) is 8.84. The van der Waals surface area contributed by atoms with E-state index < -0.39 is 6.16 Å². The van der Waals surface area contributed by atoms with Crippen LogP contribution in [0.5, 0.6) is 11.5 Å². The van der Waals surface area contributed by atoms with Gasteiger partial charge in [0.1, 0.15) is 18.1 Å². The molecule has 0 radical (unpaired) electrons. The van der Waals surface area contributed by atoms with Crippen molar-refractivity contribution in [3.8, 4) is 11.5 Å². The van der Waals surface area contributed by atoms with Crippen LogP contribution in [0.4, 0.5) is 4.79 Å². The van der Waals surface area contributed by atoms with Crippen LogP contribution in [0.3, 0.4) is 0 Å². The van der Waals surface area contributed by atoms with E-state index >= 15 is 0 Å². The molecule has 0 bridgehead atoms.